The maximum atomic E-state index is 14.9. The van der Waals surface area contributed by atoms with E-state index in [1.807, 2.05) is 56.4 Å². The van der Waals surface area contributed by atoms with E-state index < -0.39 is 5.54 Å². The largest absolute Gasteiger partial charge is 0.507 e. The maximum Gasteiger partial charge on any atom is 0.295 e. The monoisotopic (exact) mass is 670 g/mol. The first-order chi connectivity index (χ1) is 23.1. The van der Waals surface area contributed by atoms with Gasteiger partial charge in [0.2, 0.25) is 11.8 Å². The fourth-order valence-electron chi connectivity index (χ4n) is 7.99. The first-order valence-electron chi connectivity index (χ1n) is 18.4. The number of anilines is 1. The molecule has 0 atom stereocenters. The molecule has 5 rings (SSSR count). The lowest BCUT2D eigenvalue weighted by atomic mass is 9.77. The molecular weight excluding hydrogens is 612 g/mol. The number of amides is 2. The Kier molecular flexibility index (Phi) is 10.6. The molecule has 0 spiro atoms. The van der Waals surface area contributed by atoms with E-state index in [1.165, 1.54) is 6.42 Å². The number of para-hydroxylation sites is 1. The van der Waals surface area contributed by atoms with Crippen LogP contribution in [0.15, 0.2) is 47.3 Å². The Morgan fingerprint density at radius 3 is 2.00 bits per heavy atom. The molecule has 2 aliphatic rings. The average molecular weight is 671 g/mol. The Labute approximate surface area is 292 Å². The first kappa shape index (κ1) is 36.5. The van der Waals surface area contributed by atoms with Crippen molar-refractivity contribution >= 4 is 17.5 Å². The van der Waals surface area contributed by atoms with Crippen LogP contribution in [0.5, 0.6) is 5.75 Å². The van der Waals surface area contributed by atoms with Crippen molar-refractivity contribution in [3.05, 3.63) is 75.2 Å². The van der Waals surface area contributed by atoms with Gasteiger partial charge in [-0.05, 0) is 78.7 Å². The molecular formula is C41H58N4O4. The van der Waals surface area contributed by atoms with Crippen molar-refractivity contribution in [2.45, 2.75) is 148 Å². The number of aromatic nitrogens is 2. The number of hydrogen-bond donors (Lipinski definition) is 2. The van der Waals surface area contributed by atoms with Crippen LogP contribution in [0.4, 0.5) is 5.69 Å². The van der Waals surface area contributed by atoms with Gasteiger partial charge in [-0.3, -0.25) is 24.0 Å². The number of carbonyl (C=O) groups excluding carboxylic acids is 2. The number of aromatic hydroxyl groups is 1. The van der Waals surface area contributed by atoms with E-state index in [0.717, 1.165) is 61.6 Å². The van der Waals surface area contributed by atoms with Crippen molar-refractivity contribution < 1.29 is 14.7 Å². The number of nitrogens with zero attached hydrogens (tertiary/aromatic N) is 3. The number of carbonyl (C=O) groups is 2. The second-order valence-electron chi connectivity index (χ2n) is 16.6. The third-order valence-corrected chi connectivity index (χ3v) is 10.9. The van der Waals surface area contributed by atoms with Gasteiger partial charge in [0.25, 0.3) is 5.56 Å². The molecule has 2 aliphatic carbocycles. The van der Waals surface area contributed by atoms with E-state index in [1.54, 1.807) is 14.3 Å². The van der Waals surface area contributed by atoms with Gasteiger partial charge in [0.05, 0.1) is 11.4 Å². The molecule has 0 unspecified atom stereocenters. The molecule has 0 saturated heterocycles. The highest BCUT2D eigenvalue weighted by Crippen LogP contribution is 2.41. The summed E-state index contributed by atoms with van der Waals surface area (Å²) in [5.41, 5.74) is 2.22. The summed E-state index contributed by atoms with van der Waals surface area (Å²) >= 11 is 0. The predicted octanol–water partition coefficient (Wildman–Crippen LogP) is 7.90. The zero-order valence-corrected chi connectivity index (χ0v) is 31.1. The van der Waals surface area contributed by atoms with Crippen molar-refractivity contribution in [1.82, 2.24) is 14.7 Å². The minimum Gasteiger partial charge on any atom is -0.507 e. The Bertz CT molecular complexity index is 1670. The molecule has 2 N–H and O–H groups in total. The van der Waals surface area contributed by atoms with Crippen LogP contribution in [0, 0.1) is 6.92 Å². The SMILES string of the molecule is Cc1c(N(C(=O)CCc2cc(C(C)(C)C)c(O)c(C(C)(C)C)c2)C2(C(=O)NC3CCCCC3)CCCCC2)c(=O)n(-c2ccccc2)n1C. The van der Waals surface area contributed by atoms with Crippen molar-refractivity contribution in [1.29, 1.82) is 0 Å². The maximum absolute atomic E-state index is 14.9. The number of rotatable bonds is 8. The first-order valence-corrected chi connectivity index (χ1v) is 18.4. The molecule has 8 nitrogen and oxygen atoms in total. The standard InChI is InChI=1S/C41H58N4O4/c1-28-35(37(48)45(43(28)8)31-20-14-10-15-21-31)44(41(24-16-11-17-25-41)38(49)42-30-18-12-9-13-19-30)34(46)23-22-29-26-32(39(2,3)4)36(47)33(27-29)40(5,6)7/h10,14-15,20-21,26-27,30,47H,9,11-13,16-19,22-25H2,1-8H3,(H,42,49). The summed E-state index contributed by atoms with van der Waals surface area (Å²) in [6.07, 6.45) is 9.38. The highest BCUT2D eigenvalue weighted by atomic mass is 16.3. The van der Waals surface area contributed by atoms with E-state index >= 15 is 0 Å². The quantitative estimate of drug-likeness (QED) is 0.255. The summed E-state index contributed by atoms with van der Waals surface area (Å²) in [4.78, 5) is 45.8. The molecule has 2 saturated carbocycles. The highest BCUT2D eigenvalue weighted by Gasteiger charge is 2.50. The van der Waals surface area contributed by atoms with Gasteiger partial charge in [-0.1, -0.05) is 110 Å². The topological polar surface area (TPSA) is 96.6 Å². The summed E-state index contributed by atoms with van der Waals surface area (Å²) in [7, 11) is 1.84. The summed E-state index contributed by atoms with van der Waals surface area (Å²) < 4.78 is 3.40. The van der Waals surface area contributed by atoms with Crippen LogP contribution in [0.3, 0.4) is 0 Å². The van der Waals surface area contributed by atoms with Crippen molar-refractivity contribution in [2.24, 2.45) is 7.05 Å². The normalized spacial score (nSPS) is 17.1. The molecule has 1 aromatic heterocycles. The number of aryl methyl sites for hydroxylation is 1. The van der Waals surface area contributed by atoms with Gasteiger partial charge in [0.15, 0.2) is 0 Å². The van der Waals surface area contributed by atoms with Crippen LogP contribution < -0.4 is 15.8 Å². The van der Waals surface area contributed by atoms with Gasteiger partial charge in [-0.2, -0.15) is 0 Å². The molecule has 8 heteroatoms. The molecule has 2 fully saturated rings. The molecule has 266 valence electrons. The third kappa shape index (κ3) is 7.39. The van der Waals surface area contributed by atoms with E-state index in [2.05, 4.69) is 46.9 Å². The lowest BCUT2D eigenvalue weighted by molar-refractivity contribution is -0.132. The van der Waals surface area contributed by atoms with Gasteiger partial charge in [-0.15, -0.1) is 0 Å². The van der Waals surface area contributed by atoms with Crippen molar-refractivity contribution in [2.75, 3.05) is 4.90 Å². The van der Waals surface area contributed by atoms with Gasteiger partial charge < -0.3 is 10.4 Å². The van der Waals surface area contributed by atoms with Crippen LogP contribution in [-0.4, -0.2) is 37.9 Å². The molecule has 0 radical (unpaired) electrons. The third-order valence-electron chi connectivity index (χ3n) is 10.9. The highest BCUT2D eigenvalue weighted by molar-refractivity contribution is 6.04. The van der Waals surface area contributed by atoms with Crippen molar-refractivity contribution in [3.8, 4) is 11.4 Å². The predicted molar refractivity (Wildman–Crippen MR) is 198 cm³/mol. The molecule has 2 aromatic carbocycles. The molecule has 0 aliphatic heterocycles. The van der Waals surface area contributed by atoms with Crippen LogP contribution >= 0.6 is 0 Å². The molecule has 3 aromatic rings. The Hall–Kier alpha value is -3.81. The summed E-state index contributed by atoms with van der Waals surface area (Å²) in [5.74, 6) is -0.0518. The smallest absolute Gasteiger partial charge is 0.295 e. The number of phenols is 1. The van der Waals surface area contributed by atoms with Crippen LogP contribution in [0.2, 0.25) is 0 Å². The molecule has 2 amide bonds. The number of hydrogen-bond acceptors (Lipinski definition) is 4. The Morgan fingerprint density at radius 1 is 0.898 bits per heavy atom. The second kappa shape index (κ2) is 14.2. The second-order valence-corrected chi connectivity index (χ2v) is 16.6. The fraction of sp³-hybridized carbons (Fsp3) is 0.585. The van der Waals surface area contributed by atoms with E-state index in [0.29, 0.717) is 36.4 Å². The summed E-state index contributed by atoms with van der Waals surface area (Å²) in [5, 5.41) is 14.7. The van der Waals surface area contributed by atoms with Gasteiger partial charge in [-0.25, -0.2) is 4.68 Å². The van der Waals surface area contributed by atoms with E-state index in [-0.39, 0.29) is 46.4 Å². The van der Waals surface area contributed by atoms with Crippen LogP contribution in [0.25, 0.3) is 5.69 Å². The number of phenolic OH excluding ortho intramolecular Hbond substituents is 1. The van der Waals surface area contributed by atoms with Crippen LogP contribution in [-0.2, 0) is 33.9 Å². The lowest BCUT2D eigenvalue weighted by Crippen LogP contribution is -2.64. The zero-order valence-electron chi connectivity index (χ0n) is 31.1. The zero-order chi connectivity index (χ0) is 35.7. The molecule has 0 bridgehead atoms. The molecule has 1 heterocycles. The Morgan fingerprint density at radius 2 is 1.45 bits per heavy atom. The minimum atomic E-state index is -1.16. The summed E-state index contributed by atoms with van der Waals surface area (Å²) in [6.45, 7) is 14.4. The van der Waals surface area contributed by atoms with Gasteiger partial charge in [0.1, 0.15) is 17.0 Å². The number of benzene rings is 2. The fourth-order valence-corrected chi connectivity index (χ4v) is 7.99. The molecule has 49 heavy (non-hydrogen) atoms. The van der Waals surface area contributed by atoms with E-state index in [4.69, 9.17) is 0 Å². The van der Waals surface area contributed by atoms with Crippen molar-refractivity contribution in [3.63, 3.8) is 0 Å². The van der Waals surface area contributed by atoms with E-state index in [9.17, 15) is 19.5 Å². The van der Waals surface area contributed by atoms with Gasteiger partial charge >= 0.3 is 0 Å². The number of nitrogens with one attached hydrogen (secondary N) is 1. The van der Waals surface area contributed by atoms with Crippen LogP contribution in [0.1, 0.15) is 135 Å². The average Bonchev–Trinajstić information content (AvgIpc) is 3.27. The summed E-state index contributed by atoms with van der Waals surface area (Å²) in [6, 6.07) is 13.6. The van der Waals surface area contributed by atoms with Gasteiger partial charge in [0, 0.05) is 19.5 Å². The Balaban J connectivity index is 1.62. The minimum absolute atomic E-state index is 0.0819. The lowest BCUT2D eigenvalue weighted by Gasteiger charge is -2.45.